The van der Waals surface area contributed by atoms with E-state index in [2.05, 4.69) is 4.98 Å². The van der Waals surface area contributed by atoms with Crippen LogP contribution in [0.5, 0.6) is 0 Å². The van der Waals surface area contributed by atoms with Crippen LogP contribution < -0.4 is 0 Å². The van der Waals surface area contributed by atoms with E-state index in [4.69, 9.17) is 11.6 Å². The Labute approximate surface area is 94.1 Å². The van der Waals surface area contributed by atoms with E-state index in [0.29, 0.717) is 17.4 Å². The lowest BCUT2D eigenvalue weighted by Crippen LogP contribution is -2.50. The lowest BCUT2D eigenvalue weighted by atomic mass is 10.0. The van der Waals surface area contributed by atoms with Gasteiger partial charge < -0.3 is 4.90 Å². The first-order chi connectivity index (χ1) is 7.22. The Morgan fingerprint density at radius 3 is 3.00 bits per heavy atom. The van der Waals surface area contributed by atoms with Crippen LogP contribution in [0.4, 0.5) is 0 Å². The van der Waals surface area contributed by atoms with Gasteiger partial charge in [-0.1, -0.05) is 0 Å². The lowest BCUT2D eigenvalue weighted by molar-refractivity contribution is 0.0534. The molecule has 4 heteroatoms. The Morgan fingerprint density at radius 2 is 2.40 bits per heavy atom. The third-order valence-electron chi connectivity index (χ3n) is 2.73. The molecule has 1 amide bonds. The first-order valence-corrected chi connectivity index (χ1v) is 5.51. The Hall–Kier alpha value is -1.09. The quantitative estimate of drug-likeness (QED) is 0.717. The van der Waals surface area contributed by atoms with E-state index in [0.717, 1.165) is 18.7 Å². The van der Waals surface area contributed by atoms with Crippen molar-refractivity contribution in [2.24, 2.45) is 5.92 Å². The third-order valence-corrected chi connectivity index (χ3v) is 3.17. The maximum Gasteiger partial charge on any atom is 0.255 e. The smallest absolute Gasteiger partial charge is 0.255 e. The van der Waals surface area contributed by atoms with Crippen LogP contribution in [0.25, 0.3) is 0 Å². The van der Waals surface area contributed by atoms with Crippen molar-refractivity contribution in [3.8, 4) is 0 Å². The zero-order chi connectivity index (χ0) is 10.8. The number of pyridine rings is 1. The van der Waals surface area contributed by atoms with Gasteiger partial charge in [0.15, 0.2) is 0 Å². The van der Waals surface area contributed by atoms with Gasteiger partial charge in [-0.05, 0) is 18.6 Å². The number of likely N-dealkylation sites (tertiary alicyclic amines) is 1. The van der Waals surface area contributed by atoms with Crippen molar-refractivity contribution in [1.29, 1.82) is 0 Å². The van der Waals surface area contributed by atoms with Crippen LogP contribution in [0, 0.1) is 12.8 Å². The number of carbonyl (C=O) groups is 1. The molecule has 0 aromatic carbocycles. The summed E-state index contributed by atoms with van der Waals surface area (Å²) in [6.45, 7) is 3.47. The molecular weight excluding hydrogens is 212 g/mol. The van der Waals surface area contributed by atoms with Crippen LogP contribution in [0.15, 0.2) is 18.5 Å². The SMILES string of the molecule is Cc1ccncc1C(=O)N1CC(CCl)C1. The van der Waals surface area contributed by atoms with E-state index in [1.807, 2.05) is 17.9 Å². The molecule has 2 rings (SSSR count). The standard InChI is InChI=1S/C11H13ClN2O/c1-8-2-3-13-5-10(8)11(15)14-6-9(4-12)7-14/h2-3,5,9H,4,6-7H2,1H3. The number of rotatable bonds is 2. The number of hydrogen-bond donors (Lipinski definition) is 0. The van der Waals surface area contributed by atoms with Gasteiger partial charge in [-0.2, -0.15) is 0 Å². The van der Waals surface area contributed by atoms with Gasteiger partial charge in [0.05, 0.1) is 5.56 Å². The normalized spacial score (nSPS) is 16.3. The maximum atomic E-state index is 12.0. The second-order valence-electron chi connectivity index (χ2n) is 3.92. The fourth-order valence-corrected chi connectivity index (χ4v) is 1.89. The molecule has 15 heavy (non-hydrogen) atoms. The fourth-order valence-electron chi connectivity index (χ4n) is 1.69. The zero-order valence-electron chi connectivity index (χ0n) is 8.61. The summed E-state index contributed by atoms with van der Waals surface area (Å²) < 4.78 is 0. The second-order valence-corrected chi connectivity index (χ2v) is 4.23. The Bertz CT molecular complexity index is 375. The molecule has 0 bridgehead atoms. The Kier molecular flexibility index (Phi) is 2.91. The molecule has 80 valence electrons. The maximum absolute atomic E-state index is 12.0. The summed E-state index contributed by atoms with van der Waals surface area (Å²) in [5.74, 6) is 1.17. The van der Waals surface area contributed by atoms with Gasteiger partial charge in [-0.25, -0.2) is 0 Å². The molecule has 1 aliphatic rings. The second kappa shape index (κ2) is 4.19. The summed E-state index contributed by atoms with van der Waals surface area (Å²) in [5.41, 5.74) is 1.68. The van der Waals surface area contributed by atoms with Crippen LogP contribution in [0.3, 0.4) is 0 Å². The molecular formula is C11H13ClN2O. The summed E-state index contributed by atoms with van der Waals surface area (Å²) in [6, 6.07) is 1.85. The van der Waals surface area contributed by atoms with Crippen molar-refractivity contribution in [1.82, 2.24) is 9.88 Å². The largest absolute Gasteiger partial charge is 0.338 e. The van der Waals surface area contributed by atoms with Gasteiger partial charge in [0.25, 0.3) is 5.91 Å². The molecule has 3 nitrogen and oxygen atoms in total. The molecule has 0 aliphatic carbocycles. The highest BCUT2D eigenvalue weighted by atomic mass is 35.5. The Balaban J connectivity index is 2.07. The molecule has 2 heterocycles. The predicted octanol–water partition coefficient (Wildman–Crippen LogP) is 1.70. The fraction of sp³-hybridized carbons (Fsp3) is 0.455. The number of amides is 1. The molecule has 0 atom stereocenters. The molecule has 1 aromatic rings. The summed E-state index contributed by atoms with van der Waals surface area (Å²) >= 11 is 5.70. The molecule has 1 fully saturated rings. The van der Waals surface area contributed by atoms with E-state index in [1.165, 1.54) is 0 Å². The number of carbonyl (C=O) groups excluding carboxylic acids is 1. The van der Waals surface area contributed by atoms with E-state index in [-0.39, 0.29) is 5.91 Å². The van der Waals surface area contributed by atoms with Crippen LogP contribution in [0.1, 0.15) is 15.9 Å². The molecule has 0 saturated carbocycles. The minimum atomic E-state index is 0.0713. The minimum absolute atomic E-state index is 0.0713. The van der Waals surface area contributed by atoms with Gasteiger partial charge in [0, 0.05) is 37.3 Å². The topological polar surface area (TPSA) is 33.2 Å². The molecule has 1 aliphatic heterocycles. The molecule has 0 spiro atoms. The van der Waals surface area contributed by atoms with Crippen molar-refractivity contribution in [3.05, 3.63) is 29.6 Å². The average molecular weight is 225 g/mol. The van der Waals surface area contributed by atoms with E-state index < -0.39 is 0 Å². The van der Waals surface area contributed by atoms with Crippen LogP contribution >= 0.6 is 11.6 Å². The average Bonchev–Trinajstić information content (AvgIpc) is 2.16. The molecule has 0 N–H and O–H groups in total. The molecule has 0 radical (unpaired) electrons. The zero-order valence-corrected chi connectivity index (χ0v) is 9.37. The van der Waals surface area contributed by atoms with Gasteiger partial charge in [0.2, 0.25) is 0 Å². The number of aromatic nitrogens is 1. The lowest BCUT2D eigenvalue weighted by Gasteiger charge is -2.38. The highest BCUT2D eigenvalue weighted by Gasteiger charge is 2.30. The monoisotopic (exact) mass is 224 g/mol. The van der Waals surface area contributed by atoms with Crippen LogP contribution in [0.2, 0.25) is 0 Å². The van der Waals surface area contributed by atoms with E-state index in [1.54, 1.807) is 12.4 Å². The first kappa shape index (κ1) is 10.4. The van der Waals surface area contributed by atoms with Crippen LogP contribution in [-0.2, 0) is 0 Å². The highest BCUT2D eigenvalue weighted by Crippen LogP contribution is 2.20. The molecule has 0 unspecified atom stereocenters. The van der Waals surface area contributed by atoms with Crippen LogP contribution in [-0.4, -0.2) is 34.8 Å². The van der Waals surface area contributed by atoms with E-state index in [9.17, 15) is 4.79 Å². The third kappa shape index (κ3) is 1.97. The van der Waals surface area contributed by atoms with Gasteiger partial charge in [-0.15, -0.1) is 11.6 Å². The first-order valence-electron chi connectivity index (χ1n) is 4.98. The summed E-state index contributed by atoms with van der Waals surface area (Å²) in [5, 5.41) is 0. The van der Waals surface area contributed by atoms with Gasteiger partial charge >= 0.3 is 0 Å². The number of halogens is 1. The van der Waals surface area contributed by atoms with Gasteiger partial charge in [-0.3, -0.25) is 9.78 Å². The van der Waals surface area contributed by atoms with Crippen molar-refractivity contribution >= 4 is 17.5 Å². The van der Waals surface area contributed by atoms with E-state index >= 15 is 0 Å². The minimum Gasteiger partial charge on any atom is -0.338 e. The number of nitrogens with zero attached hydrogens (tertiary/aromatic N) is 2. The number of alkyl halides is 1. The van der Waals surface area contributed by atoms with Crippen molar-refractivity contribution in [3.63, 3.8) is 0 Å². The van der Waals surface area contributed by atoms with Gasteiger partial charge in [0.1, 0.15) is 0 Å². The number of hydrogen-bond acceptors (Lipinski definition) is 2. The summed E-state index contributed by atoms with van der Waals surface area (Å²) in [6.07, 6.45) is 3.33. The van der Waals surface area contributed by atoms with Crippen molar-refractivity contribution < 1.29 is 4.79 Å². The molecule has 1 aromatic heterocycles. The summed E-state index contributed by atoms with van der Waals surface area (Å²) in [4.78, 5) is 17.7. The van der Waals surface area contributed by atoms with Crippen molar-refractivity contribution in [2.75, 3.05) is 19.0 Å². The summed E-state index contributed by atoms with van der Waals surface area (Å²) in [7, 11) is 0. The highest BCUT2D eigenvalue weighted by molar-refractivity contribution is 6.18. The predicted molar refractivity (Wildman–Crippen MR) is 59.1 cm³/mol. The Morgan fingerprint density at radius 1 is 1.67 bits per heavy atom. The number of aryl methyl sites for hydroxylation is 1. The molecule has 1 saturated heterocycles. The van der Waals surface area contributed by atoms with Crippen molar-refractivity contribution in [2.45, 2.75) is 6.92 Å².